The monoisotopic (exact) mass is 358 g/mol. The van der Waals surface area contributed by atoms with Gasteiger partial charge < -0.3 is 14.8 Å². The number of hydrogen-bond acceptors (Lipinski definition) is 3. The highest BCUT2D eigenvalue weighted by Crippen LogP contribution is 2.33. The molecule has 2 heterocycles. The fourth-order valence-electron chi connectivity index (χ4n) is 3.16. The van der Waals surface area contributed by atoms with Gasteiger partial charge in [-0.25, -0.2) is 4.98 Å². The molecule has 1 aromatic rings. The molecule has 1 N–H and O–H groups in total. The van der Waals surface area contributed by atoms with Crippen LogP contribution in [-0.2, 0) is 17.8 Å². The van der Waals surface area contributed by atoms with Gasteiger partial charge in [-0.1, -0.05) is 0 Å². The van der Waals surface area contributed by atoms with Gasteiger partial charge >= 0.3 is 6.18 Å². The fourth-order valence-corrected chi connectivity index (χ4v) is 3.16. The number of nitrogens with zero attached hydrogens (tertiary/aromatic N) is 3. The molecular formula is C16H21F3N4O2. The number of amides is 2. The third-order valence-corrected chi connectivity index (χ3v) is 4.46. The topological polar surface area (TPSA) is 67.2 Å². The zero-order chi connectivity index (χ0) is 18.4. The summed E-state index contributed by atoms with van der Waals surface area (Å²) in [6.07, 6.45) is -2.11. The van der Waals surface area contributed by atoms with Crippen LogP contribution in [0.3, 0.4) is 0 Å². The van der Waals surface area contributed by atoms with Gasteiger partial charge in [-0.3, -0.25) is 9.59 Å². The van der Waals surface area contributed by atoms with Gasteiger partial charge in [0.05, 0.1) is 12.2 Å². The van der Waals surface area contributed by atoms with Gasteiger partial charge in [0.15, 0.2) is 5.82 Å². The Morgan fingerprint density at radius 1 is 1.32 bits per heavy atom. The van der Waals surface area contributed by atoms with Crippen LogP contribution < -0.4 is 5.32 Å². The van der Waals surface area contributed by atoms with Crippen LogP contribution in [0.4, 0.5) is 13.2 Å². The molecule has 138 valence electrons. The quantitative estimate of drug-likeness (QED) is 0.896. The molecule has 1 aromatic heterocycles. The number of carbonyl (C=O) groups is 2. The molecule has 0 saturated heterocycles. The van der Waals surface area contributed by atoms with Crippen LogP contribution in [0.5, 0.6) is 0 Å². The Morgan fingerprint density at radius 2 is 2.00 bits per heavy atom. The van der Waals surface area contributed by atoms with Gasteiger partial charge in [0.25, 0.3) is 5.91 Å². The molecule has 1 aliphatic carbocycles. The van der Waals surface area contributed by atoms with E-state index in [9.17, 15) is 22.8 Å². The summed E-state index contributed by atoms with van der Waals surface area (Å²) in [6, 6.07) is -0.117. The lowest BCUT2D eigenvalue weighted by Crippen LogP contribution is -2.37. The maximum Gasteiger partial charge on any atom is 0.405 e. The van der Waals surface area contributed by atoms with E-state index in [1.54, 1.807) is 9.47 Å². The SMILES string of the molecule is CC(C)n1c(C(=O)NCC(F)(F)F)nc2c1CCN(C(=O)C1CC1)C2. The zero-order valence-corrected chi connectivity index (χ0v) is 14.2. The third kappa shape index (κ3) is 3.80. The van der Waals surface area contributed by atoms with E-state index in [0.29, 0.717) is 25.2 Å². The predicted octanol–water partition coefficient (Wildman–Crippen LogP) is 2.05. The number of imidazole rings is 1. The summed E-state index contributed by atoms with van der Waals surface area (Å²) in [4.78, 5) is 30.4. The van der Waals surface area contributed by atoms with Crippen LogP contribution >= 0.6 is 0 Å². The molecule has 1 saturated carbocycles. The Labute approximate surface area is 143 Å². The minimum Gasteiger partial charge on any atom is -0.340 e. The standard InChI is InChI=1S/C16H21F3N4O2/c1-9(2)23-12-5-6-22(15(25)10-3-4-10)7-11(12)21-13(23)14(24)20-8-16(17,18)19/h9-10H,3-8H2,1-2H3,(H,20,24). The molecule has 2 aliphatic rings. The molecule has 1 fully saturated rings. The van der Waals surface area contributed by atoms with E-state index in [1.807, 2.05) is 19.2 Å². The first-order chi connectivity index (χ1) is 11.7. The third-order valence-electron chi connectivity index (χ3n) is 4.46. The maximum absolute atomic E-state index is 12.4. The number of aromatic nitrogens is 2. The molecule has 6 nitrogen and oxygen atoms in total. The van der Waals surface area contributed by atoms with Crippen molar-refractivity contribution in [3.05, 3.63) is 17.2 Å². The van der Waals surface area contributed by atoms with Crippen molar-refractivity contribution in [2.75, 3.05) is 13.1 Å². The van der Waals surface area contributed by atoms with E-state index in [4.69, 9.17) is 0 Å². The Morgan fingerprint density at radius 3 is 2.56 bits per heavy atom. The second-order valence-electron chi connectivity index (χ2n) is 6.87. The van der Waals surface area contributed by atoms with Crippen LogP contribution in [0.1, 0.15) is 54.7 Å². The first-order valence-electron chi connectivity index (χ1n) is 8.41. The maximum atomic E-state index is 12.4. The summed E-state index contributed by atoms with van der Waals surface area (Å²) in [7, 11) is 0. The van der Waals surface area contributed by atoms with Crippen molar-refractivity contribution in [3.63, 3.8) is 0 Å². The molecule has 3 rings (SSSR count). The fraction of sp³-hybridized carbons (Fsp3) is 0.688. The van der Waals surface area contributed by atoms with Crippen molar-refractivity contribution >= 4 is 11.8 Å². The summed E-state index contributed by atoms with van der Waals surface area (Å²) < 4.78 is 38.7. The highest BCUT2D eigenvalue weighted by molar-refractivity contribution is 5.91. The molecule has 1 aliphatic heterocycles. The van der Waals surface area contributed by atoms with Gasteiger partial charge in [-0.15, -0.1) is 0 Å². The number of nitrogens with one attached hydrogen (secondary N) is 1. The lowest BCUT2D eigenvalue weighted by Gasteiger charge is -2.28. The highest BCUT2D eigenvalue weighted by Gasteiger charge is 2.37. The van der Waals surface area contributed by atoms with Crippen molar-refractivity contribution in [2.24, 2.45) is 5.92 Å². The minimum absolute atomic E-state index is 0.0232. The van der Waals surface area contributed by atoms with Gasteiger partial charge in [0.1, 0.15) is 6.54 Å². The number of hydrogen-bond donors (Lipinski definition) is 1. The number of halogens is 3. The molecule has 0 bridgehead atoms. The minimum atomic E-state index is -4.47. The van der Waals surface area contributed by atoms with Crippen molar-refractivity contribution < 1.29 is 22.8 Å². The molecule has 2 amide bonds. The summed E-state index contributed by atoms with van der Waals surface area (Å²) in [6.45, 7) is 3.16. The number of alkyl halides is 3. The van der Waals surface area contributed by atoms with Crippen LogP contribution in [-0.4, -0.2) is 45.5 Å². The zero-order valence-electron chi connectivity index (χ0n) is 14.2. The lowest BCUT2D eigenvalue weighted by atomic mass is 10.1. The molecule has 0 spiro atoms. The Bertz CT molecular complexity index is 692. The van der Waals surface area contributed by atoms with E-state index in [2.05, 4.69) is 4.98 Å². The Hall–Kier alpha value is -2.06. The average molecular weight is 358 g/mol. The number of fused-ring (bicyclic) bond motifs is 1. The van der Waals surface area contributed by atoms with Crippen LogP contribution in [0.15, 0.2) is 0 Å². The highest BCUT2D eigenvalue weighted by atomic mass is 19.4. The number of rotatable bonds is 4. The van der Waals surface area contributed by atoms with E-state index in [1.165, 1.54) is 0 Å². The summed E-state index contributed by atoms with van der Waals surface area (Å²) >= 11 is 0. The predicted molar refractivity (Wildman–Crippen MR) is 82.8 cm³/mol. The van der Waals surface area contributed by atoms with Crippen LogP contribution in [0.2, 0.25) is 0 Å². The molecule has 0 radical (unpaired) electrons. The number of carbonyl (C=O) groups excluding carboxylic acids is 2. The molecule has 0 atom stereocenters. The van der Waals surface area contributed by atoms with Crippen molar-refractivity contribution in [3.8, 4) is 0 Å². The van der Waals surface area contributed by atoms with Crippen molar-refractivity contribution in [1.29, 1.82) is 0 Å². The van der Waals surface area contributed by atoms with E-state index in [0.717, 1.165) is 18.5 Å². The Kier molecular flexibility index (Phi) is 4.51. The van der Waals surface area contributed by atoms with Crippen molar-refractivity contribution in [2.45, 2.75) is 51.9 Å². The lowest BCUT2D eigenvalue weighted by molar-refractivity contribution is -0.133. The van der Waals surface area contributed by atoms with E-state index in [-0.39, 0.29) is 23.7 Å². The van der Waals surface area contributed by atoms with Crippen LogP contribution in [0, 0.1) is 5.92 Å². The molecule has 9 heteroatoms. The largest absolute Gasteiger partial charge is 0.405 e. The molecular weight excluding hydrogens is 337 g/mol. The normalized spacial score (nSPS) is 17.6. The van der Waals surface area contributed by atoms with Gasteiger partial charge in [0, 0.05) is 30.6 Å². The molecule has 0 unspecified atom stereocenters. The van der Waals surface area contributed by atoms with Crippen molar-refractivity contribution in [1.82, 2.24) is 19.8 Å². The van der Waals surface area contributed by atoms with E-state index >= 15 is 0 Å². The molecule has 0 aromatic carbocycles. The summed E-state index contributed by atoms with van der Waals surface area (Å²) in [5.41, 5.74) is 1.43. The first kappa shape index (κ1) is 17.8. The second kappa shape index (κ2) is 6.34. The van der Waals surface area contributed by atoms with Gasteiger partial charge in [0.2, 0.25) is 5.91 Å². The van der Waals surface area contributed by atoms with E-state index < -0.39 is 18.6 Å². The summed E-state index contributed by atoms with van der Waals surface area (Å²) in [5.74, 6) is -0.665. The molecule has 25 heavy (non-hydrogen) atoms. The van der Waals surface area contributed by atoms with Gasteiger partial charge in [-0.05, 0) is 26.7 Å². The van der Waals surface area contributed by atoms with Crippen LogP contribution in [0.25, 0.3) is 0 Å². The first-order valence-corrected chi connectivity index (χ1v) is 8.41. The Balaban J connectivity index is 1.82. The smallest absolute Gasteiger partial charge is 0.340 e. The summed E-state index contributed by atoms with van der Waals surface area (Å²) in [5, 5.41) is 1.88. The van der Waals surface area contributed by atoms with Gasteiger partial charge in [-0.2, -0.15) is 13.2 Å². The second-order valence-corrected chi connectivity index (χ2v) is 6.87. The average Bonchev–Trinajstić information content (AvgIpc) is 3.30.